The average molecular weight is 328 g/mol. The lowest BCUT2D eigenvalue weighted by Crippen LogP contribution is -1.88. The Hall–Kier alpha value is -0.910. The van der Waals surface area contributed by atoms with Gasteiger partial charge in [0.2, 0.25) is 0 Å². The predicted molar refractivity (Wildman–Crippen MR) is 77.3 cm³/mol. The van der Waals surface area contributed by atoms with Gasteiger partial charge < -0.3 is 9.84 Å². The Morgan fingerprint density at radius 2 is 2.22 bits per heavy atom. The summed E-state index contributed by atoms with van der Waals surface area (Å²) in [6.45, 7) is 2.17. The van der Waals surface area contributed by atoms with E-state index >= 15 is 0 Å². The lowest BCUT2D eigenvalue weighted by atomic mass is 10.1. The minimum Gasteiger partial charge on any atom is -0.496 e. The molecule has 5 heteroatoms. The molecule has 0 saturated heterocycles. The fourth-order valence-corrected chi connectivity index (χ4v) is 3.39. The Bertz CT molecular complexity index is 554. The van der Waals surface area contributed by atoms with E-state index in [2.05, 4.69) is 27.0 Å². The van der Waals surface area contributed by atoms with Crippen LogP contribution in [0.25, 0.3) is 10.6 Å². The number of ether oxygens (including phenoxy) is 1. The summed E-state index contributed by atoms with van der Waals surface area (Å²) in [6.07, 6.45) is 0.617. The monoisotopic (exact) mass is 327 g/mol. The van der Waals surface area contributed by atoms with Crippen molar-refractivity contribution in [3.8, 4) is 16.3 Å². The minimum atomic E-state index is 0.130. The van der Waals surface area contributed by atoms with Crippen molar-refractivity contribution < 1.29 is 9.84 Å². The number of hydrogen-bond donors (Lipinski definition) is 1. The van der Waals surface area contributed by atoms with Crippen molar-refractivity contribution in [2.75, 3.05) is 13.7 Å². The Morgan fingerprint density at radius 1 is 1.44 bits per heavy atom. The number of aromatic nitrogens is 1. The third kappa shape index (κ3) is 2.74. The molecule has 18 heavy (non-hydrogen) atoms. The van der Waals surface area contributed by atoms with E-state index in [0.717, 1.165) is 25.8 Å². The molecule has 1 aromatic carbocycles. The quantitative estimate of drug-likeness (QED) is 0.935. The zero-order valence-electron chi connectivity index (χ0n) is 10.2. The van der Waals surface area contributed by atoms with Gasteiger partial charge in [-0.3, -0.25) is 0 Å². The van der Waals surface area contributed by atoms with Gasteiger partial charge in [-0.25, -0.2) is 4.98 Å². The van der Waals surface area contributed by atoms with Crippen LogP contribution in [0.5, 0.6) is 5.75 Å². The van der Waals surface area contributed by atoms with Gasteiger partial charge >= 0.3 is 0 Å². The summed E-state index contributed by atoms with van der Waals surface area (Å²) < 4.78 is 6.17. The van der Waals surface area contributed by atoms with E-state index in [0.29, 0.717) is 6.42 Å². The molecular weight excluding hydrogens is 314 g/mol. The molecule has 96 valence electrons. The number of aryl methyl sites for hydroxylation is 1. The fourth-order valence-electron chi connectivity index (χ4n) is 1.69. The summed E-state index contributed by atoms with van der Waals surface area (Å²) in [5, 5.41) is 9.91. The molecule has 0 radical (unpaired) electrons. The van der Waals surface area contributed by atoms with Gasteiger partial charge in [0.05, 0.1) is 12.7 Å². The number of benzene rings is 1. The van der Waals surface area contributed by atoms with Crippen molar-refractivity contribution in [2.24, 2.45) is 0 Å². The molecule has 1 aromatic heterocycles. The number of aliphatic hydroxyl groups excluding tert-OH is 1. The molecule has 0 saturated carbocycles. The molecule has 0 aliphatic heterocycles. The maximum Gasteiger partial charge on any atom is 0.129 e. The molecule has 0 amide bonds. The van der Waals surface area contributed by atoms with Gasteiger partial charge in [-0.05, 0) is 35.0 Å². The maximum absolute atomic E-state index is 9.00. The molecule has 0 unspecified atom stereocenters. The lowest BCUT2D eigenvalue weighted by Gasteiger charge is -2.06. The number of halogens is 1. The van der Waals surface area contributed by atoms with Crippen LogP contribution in [0.3, 0.4) is 0 Å². The first kappa shape index (κ1) is 13.5. The van der Waals surface area contributed by atoms with Crippen LogP contribution >= 0.6 is 27.3 Å². The summed E-state index contributed by atoms with van der Waals surface area (Å²) in [5.74, 6) is 0.817. The highest BCUT2D eigenvalue weighted by Gasteiger charge is 2.14. The third-order valence-electron chi connectivity index (χ3n) is 2.57. The van der Waals surface area contributed by atoms with E-state index in [-0.39, 0.29) is 6.61 Å². The SMILES string of the molecule is COc1ccc(C)cc1-c1nc(Br)c(CCO)s1. The molecule has 2 aromatic rings. The van der Waals surface area contributed by atoms with Gasteiger partial charge in [0.25, 0.3) is 0 Å². The maximum atomic E-state index is 9.00. The molecule has 2 rings (SSSR count). The summed E-state index contributed by atoms with van der Waals surface area (Å²) in [5.41, 5.74) is 2.16. The molecular formula is C13H14BrNO2S. The lowest BCUT2D eigenvalue weighted by molar-refractivity contribution is 0.300. The molecule has 0 bridgehead atoms. The molecule has 0 fully saturated rings. The molecule has 0 aliphatic rings. The van der Waals surface area contributed by atoms with Crippen LogP contribution in [0.2, 0.25) is 0 Å². The number of nitrogens with zero attached hydrogens (tertiary/aromatic N) is 1. The van der Waals surface area contributed by atoms with E-state index in [1.807, 2.05) is 19.1 Å². The van der Waals surface area contributed by atoms with Crippen molar-refractivity contribution in [3.05, 3.63) is 33.2 Å². The topological polar surface area (TPSA) is 42.4 Å². The number of methoxy groups -OCH3 is 1. The standard InChI is InChI=1S/C13H14BrNO2S/c1-8-3-4-10(17-2)9(7-8)13-15-12(14)11(18-13)5-6-16/h3-4,7,16H,5-6H2,1-2H3. The molecule has 1 heterocycles. The van der Waals surface area contributed by atoms with Crippen LogP contribution in [0.1, 0.15) is 10.4 Å². The normalized spacial score (nSPS) is 10.7. The predicted octanol–water partition coefficient (Wildman–Crippen LogP) is 3.42. The van der Waals surface area contributed by atoms with E-state index in [1.165, 1.54) is 5.56 Å². The second-order valence-corrected chi connectivity index (χ2v) is 5.75. The molecule has 0 spiro atoms. The van der Waals surface area contributed by atoms with Crippen molar-refractivity contribution >= 4 is 27.3 Å². The molecule has 3 nitrogen and oxygen atoms in total. The molecule has 1 N–H and O–H groups in total. The zero-order chi connectivity index (χ0) is 13.1. The largest absolute Gasteiger partial charge is 0.496 e. The number of rotatable bonds is 4. The summed E-state index contributed by atoms with van der Waals surface area (Å²) >= 11 is 5.01. The Morgan fingerprint density at radius 3 is 2.89 bits per heavy atom. The first-order valence-corrected chi connectivity index (χ1v) is 7.17. The molecule has 0 atom stereocenters. The van der Waals surface area contributed by atoms with Crippen LogP contribution < -0.4 is 4.74 Å². The second-order valence-electron chi connectivity index (χ2n) is 3.91. The molecule has 0 aliphatic carbocycles. The minimum absolute atomic E-state index is 0.130. The summed E-state index contributed by atoms with van der Waals surface area (Å²) in [6, 6.07) is 6.03. The van der Waals surface area contributed by atoms with Gasteiger partial charge in [-0.15, -0.1) is 11.3 Å². The van der Waals surface area contributed by atoms with Crippen LogP contribution in [0.15, 0.2) is 22.8 Å². The average Bonchev–Trinajstić information content (AvgIpc) is 2.71. The number of hydrogen-bond acceptors (Lipinski definition) is 4. The fraction of sp³-hybridized carbons (Fsp3) is 0.308. The van der Waals surface area contributed by atoms with Crippen molar-refractivity contribution in [2.45, 2.75) is 13.3 Å². The van der Waals surface area contributed by atoms with Crippen LogP contribution in [-0.4, -0.2) is 23.8 Å². The number of thiazole rings is 1. The Kier molecular flexibility index (Phi) is 4.37. The van der Waals surface area contributed by atoms with Crippen molar-refractivity contribution in [3.63, 3.8) is 0 Å². The first-order chi connectivity index (χ1) is 8.65. The van der Waals surface area contributed by atoms with E-state index in [9.17, 15) is 0 Å². The summed E-state index contributed by atoms with van der Waals surface area (Å²) in [7, 11) is 1.66. The van der Waals surface area contributed by atoms with Crippen LogP contribution in [0, 0.1) is 6.92 Å². The smallest absolute Gasteiger partial charge is 0.129 e. The van der Waals surface area contributed by atoms with Gasteiger partial charge in [0.1, 0.15) is 15.4 Å². The Balaban J connectivity index is 2.47. The third-order valence-corrected chi connectivity index (χ3v) is 4.64. The van der Waals surface area contributed by atoms with Gasteiger partial charge in [-0.1, -0.05) is 11.6 Å². The van der Waals surface area contributed by atoms with E-state index < -0.39 is 0 Å². The van der Waals surface area contributed by atoms with Gasteiger partial charge in [0.15, 0.2) is 0 Å². The first-order valence-electron chi connectivity index (χ1n) is 5.56. The highest BCUT2D eigenvalue weighted by molar-refractivity contribution is 9.10. The van der Waals surface area contributed by atoms with E-state index in [1.54, 1.807) is 18.4 Å². The summed E-state index contributed by atoms with van der Waals surface area (Å²) in [4.78, 5) is 5.55. The van der Waals surface area contributed by atoms with Gasteiger partial charge in [-0.2, -0.15) is 0 Å². The second kappa shape index (κ2) is 5.82. The van der Waals surface area contributed by atoms with Crippen LogP contribution in [0.4, 0.5) is 0 Å². The highest BCUT2D eigenvalue weighted by atomic mass is 79.9. The van der Waals surface area contributed by atoms with E-state index in [4.69, 9.17) is 9.84 Å². The van der Waals surface area contributed by atoms with Crippen LogP contribution in [-0.2, 0) is 6.42 Å². The highest BCUT2D eigenvalue weighted by Crippen LogP contribution is 2.36. The number of aliphatic hydroxyl groups is 1. The van der Waals surface area contributed by atoms with Crippen molar-refractivity contribution in [1.29, 1.82) is 0 Å². The van der Waals surface area contributed by atoms with Crippen molar-refractivity contribution in [1.82, 2.24) is 4.98 Å². The van der Waals surface area contributed by atoms with Gasteiger partial charge in [0, 0.05) is 17.9 Å². The zero-order valence-corrected chi connectivity index (χ0v) is 12.6. The Labute approximate surface area is 119 Å².